The topological polar surface area (TPSA) is 35.2 Å². The van der Waals surface area contributed by atoms with E-state index >= 15 is 0 Å². The molecular formula is C13H17Br2NO. The number of rotatable bonds is 3. The minimum Gasteiger partial charge on any atom is -0.489 e. The summed E-state index contributed by atoms with van der Waals surface area (Å²) in [6, 6.07) is 6.22. The van der Waals surface area contributed by atoms with Crippen LogP contribution >= 0.6 is 31.9 Å². The fourth-order valence-corrected chi connectivity index (χ4v) is 3.38. The quantitative estimate of drug-likeness (QED) is 0.878. The molecule has 0 aromatic heterocycles. The van der Waals surface area contributed by atoms with Crippen molar-refractivity contribution in [3.05, 3.63) is 27.1 Å². The van der Waals surface area contributed by atoms with Gasteiger partial charge in [-0.3, -0.25) is 0 Å². The molecule has 0 aliphatic heterocycles. The lowest BCUT2D eigenvalue weighted by atomic mass is 9.62. The fourth-order valence-electron chi connectivity index (χ4n) is 2.24. The number of benzene rings is 1. The molecule has 17 heavy (non-hydrogen) atoms. The Bertz CT molecular complexity index is 424. The third-order valence-corrected chi connectivity index (χ3v) is 5.09. The van der Waals surface area contributed by atoms with Crippen molar-refractivity contribution in [1.82, 2.24) is 0 Å². The summed E-state index contributed by atoms with van der Waals surface area (Å²) in [5.74, 6) is 0.893. The van der Waals surface area contributed by atoms with E-state index in [-0.39, 0.29) is 17.6 Å². The van der Waals surface area contributed by atoms with Crippen LogP contribution in [0.15, 0.2) is 27.1 Å². The molecule has 0 amide bonds. The van der Waals surface area contributed by atoms with Crippen molar-refractivity contribution < 1.29 is 4.74 Å². The SMILES string of the molecule is CCC1(C)C(N)CC1Oc1ccc(Br)cc1Br. The molecule has 0 radical (unpaired) electrons. The summed E-state index contributed by atoms with van der Waals surface area (Å²) in [7, 11) is 0. The maximum atomic E-state index is 6.07. The van der Waals surface area contributed by atoms with Crippen molar-refractivity contribution in [2.24, 2.45) is 11.1 Å². The second kappa shape index (κ2) is 4.90. The average molecular weight is 363 g/mol. The van der Waals surface area contributed by atoms with Crippen LogP contribution in [-0.4, -0.2) is 12.1 Å². The van der Waals surface area contributed by atoms with Crippen LogP contribution < -0.4 is 10.5 Å². The van der Waals surface area contributed by atoms with Gasteiger partial charge in [0.05, 0.1) is 4.47 Å². The van der Waals surface area contributed by atoms with E-state index in [9.17, 15) is 0 Å². The van der Waals surface area contributed by atoms with Crippen molar-refractivity contribution in [1.29, 1.82) is 0 Å². The molecule has 1 aliphatic carbocycles. The van der Waals surface area contributed by atoms with Crippen LogP contribution in [0.4, 0.5) is 0 Å². The van der Waals surface area contributed by atoms with E-state index in [0.717, 1.165) is 27.5 Å². The molecular weight excluding hydrogens is 346 g/mol. The molecule has 0 bridgehead atoms. The molecule has 1 saturated carbocycles. The van der Waals surface area contributed by atoms with Gasteiger partial charge in [-0.1, -0.05) is 29.8 Å². The lowest BCUT2D eigenvalue weighted by Crippen LogP contribution is -2.61. The summed E-state index contributed by atoms with van der Waals surface area (Å²) in [5.41, 5.74) is 6.18. The van der Waals surface area contributed by atoms with Gasteiger partial charge in [0.2, 0.25) is 0 Å². The molecule has 94 valence electrons. The summed E-state index contributed by atoms with van der Waals surface area (Å²) in [6.07, 6.45) is 2.21. The van der Waals surface area contributed by atoms with Gasteiger partial charge in [-0.2, -0.15) is 0 Å². The number of nitrogens with two attached hydrogens (primary N) is 1. The normalized spacial score (nSPS) is 32.1. The molecule has 2 N–H and O–H groups in total. The van der Waals surface area contributed by atoms with Crippen molar-refractivity contribution in [3.8, 4) is 5.75 Å². The second-order valence-corrected chi connectivity index (χ2v) is 6.65. The van der Waals surface area contributed by atoms with E-state index in [2.05, 4.69) is 45.7 Å². The van der Waals surface area contributed by atoms with Gasteiger partial charge < -0.3 is 10.5 Å². The van der Waals surface area contributed by atoms with Gasteiger partial charge in [-0.15, -0.1) is 0 Å². The fraction of sp³-hybridized carbons (Fsp3) is 0.538. The highest BCUT2D eigenvalue weighted by molar-refractivity contribution is 9.11. The highest BCUT2D eigenvalue weighted by atomic mass is 79.9. The van der Waals surface area contributed by atoms with Crippen LogP contribution in [0.3, 0.4) is 0 Å². The van der Waals surface area contributed by atoms with Crippen molar-refractivity contribution in [2.45, 2.75) is 38.8 Å². The predicted molar refractivity (Wildman–Crippen MR) is 77.2 cm³/mol. The maximum Gasteiger partial charge on any atom is 0.134 e. The average Bonchev–Trinajstić information content (AvgIpc) is 2.30. The highest BCUT2D eigenvalue weighted by Crippen LogP contribution is 2.45. The first-order valence-corrected chi connectivity index (χ1v) is 7.43. The third-order valence-electron chi connectivity index (χ3n) is 3.98. The number of ether oxygens (including phenoxy) is 1. The molecule has 3 atom stereocenters. The van der Waals surface area contributed by atoms with Crippen molar-refractivity contribution in [3.63, 3.8) is 0 Å². The Morgan fingerprint density at radius 3 is 2.71 bits per heavy atom. The Morgan fingerprint density at radius 1 is 1.47 bits per heavy atom. The van der Waals surface area contributed by atoms with Crippen molar-refractivity contribution >= 4 is 31.9 Å². The predicted octanol–water partition coefficient (Wildman–Crippen LogP) is 4.11. The van der Waals surface area contributed by atoms with Gasteiger partial charge in [0.1, 0.15) is 11.9 Å². The van der Waals surface area contributed by atoms with Gasteiger partial charge in [-0.05, 0) is 40.5 Å². The lowest BCUT2D eigenvalue weighted by molar-refractivity contribution is -0.0564. The van der Waals surface area contributed by atoms with E-state index in [1.54, 1.807) is 0 Å². The first kappa shape index (κ1) is 13.4. The van der Waals surface area contributed by atoms with Crippen LogP contribution in [0.5, 0.6) is 5.75 Å². The second-order valence-electron chi connectivity index (χ2n) is 4.88. The third kappa shape index (κ3) is 2.40. The van der Waals surface area contributed by atoms with Crippen LogP contribution in [0, 0.1) is 5.41 Å². The Kier molecular flexibility index (Phi) is 3.86. The van der Waals surface area contributed by atoms with Gasteiger partial charge in [0.15, 0.2) is 0 Å². The van der Waals surface area contributed by atoms with Crippen LogP contribution in [0.2, 0.25) is 0 Å². The molecule has 1 aromatic rings. The van der Waals surface area contributed by atoms with E-state index in [1.807, 2.05) is 18.2 Å². The molecule has 1 aromatic carbocycles. The number of hydrogen-bond acceptors (Lipinski definition) is 2. The molecule has 2 nitrogen and oxygen atoms in total. The molecule has 2 rings (SSSR count). The zero-order valence-corrected chi connectivity index (χ0v) is 13.2. The molecule has 3 unspecified atom stereocenters. The van der Waals surface area contributed by atoms with Crippen LogP contribution in [0.1, 0.15) is 26.7 Å². The number of halogens is 2. The molecule has 0 saturated heterocycles. The minimum atomic E-state index is 0.104. The Balaban J connectivity index is 2.12. The zero-order chi connectivity index (χ0) is 12.6. The van der Waals surface area contributed by atoms with Gasteiger partial charge in [0.25, 0.3) is 0 Å². The summed E-state index contributed by atoms with van der Waals surface area (Å²) >= 11 is 6.95. The monoisotopic (exact) mass is 361 g/mol. The summed E-state index contributed by atoms with van der Waals surface area (Å²) in [5, 5.41) is 0. The van der Waals surface area contributed by atoms with Gasteiger partial charge in [-0.25, -0.2) is 0 Å². The number of hydrogen-bond donors (Lipinski definition) is 1. The molecule has 1 fully saturated rings. The van der Waals surface area contributed by atoms with E-state index in [4.69, 9.17) is 10.5 Å². The van der Waals surface area contributed by atoms with Gasteiger partial charge in [0, 0.05) is 22.4 Å². The Morgan fingerprint density at radius 2 is 2.18 bits per heavy atom. The molecule has 1 aliphatic rings. The van der Waals surface area contributed by atoms with E-state index in [0.29, 0.717) is 0 Å². The van der Waals surface area contributed by atoms with E-state index < -0.39 is 0 Å². The first-order chi connectivity index (χ1) is 7.97. The Labute approximate surface area is 119 Å². The summed E-state index contributed by atoms with van der Waals surface area (Å²) in [6.45, 7) is 4.38. The lowest BCUT2D eigenvalue weighted by Gasteiger charge is -2.51. The molecule has 4 heteroatoms. The summed E-state index contributed by atoms with van der Waals surface area (Å²) < 4.78 is 8.08. The largest absolute Gasteiger partial charge is 0.489 e. The van der Waals surface area contributed by atoms with E-state index in [1.165, 1.54) is 0 Å². The Hall–Kier alpha value is -0.0600. The van der Waals surface area contributed by atoms with Gasteiger partial charge >= 0.3 is 0 Å². The first-order valence-electron chi connectivity index (χ1n) is 5.84. The highest BCUT2D eigenvalue weighted by Gasteiger charge is 2.50. The standard InChI is InChI=1S/C13H17Br2NO/c1-3-13(2)11(16)7-12(13)17-10-5-4-8(14)6-9(10)15/h4-6,11-12H,3,7,16H2,1-2H3. The maximum absolute atomic E-state index is 6.07. The van der Waals surface area contributed by atoms with Crippen LogP contribution in [-0.2, 0) is 0 Å². The van der Waals surface area contributed by atoms with Crippen LogP contribution in [0.25, 0.3) is 0 Å². The summed E-state index contributed by atoms with van der Waals surface area (Å²) in [4.78, 5) is 0. The smallest absolute Gasteiger partial charge is 0.134 e. The molecule has 0 spiro atoms. The minimum absolute atomic E-state index is 0.104. The zero-order valence-electron chi connectivity index (χ0n) is 10.0. The van der Waals surface area contributed by atoms with Crippen molar-refractivity contribution in [2.75, 3.05) is 0 Å². The molecule has 0 heterocycles.